The molecule has 0 aromatic rings. The van der Waals surface area contributed by atoms with Gasteiger partial charge in [0.05, 0.1) is 0 Å². The molecule has 0 aliphatic carbocycles. The van der Waals surface area contributed by atoms with E-state index in [0.29, 0.717) is 11.0 Å². The maximum atomic E-state index is 10.9. The summed E-state index contributed by atoms with van der Waals surface area (Å²) in [4.78, 5) is 10.9. The molecule has 1 heterocycles. The first kappa shape index (κ1) is 8.12. The van der Waals surface area contributed by atoms with Gasteiger partial charge in [-0.05, 0) is 6.42 Å². The highest BCUT2D eigenvalue weighted by Crippen LogP contribution is 2.26. The van der Waals surface area contributed by atoms with Gasteiger partial charge in [-0.1, -0.05) is 13.3 Å². The lowest BCUT2D eigenvalue weighted by molar-refractivity contribution is -0.118. The quantitative estimate of drug-likeness (QED) is 0.613. The van der Waals surface area contributed by atoms with Gasteiger partial charge in [0.2, 0.25) is 0 Å². The van der Waals surface area contributed by atoms with Crippen molar-refractivity contribution in [3.05, 3.63) is 0 Å². The van der Waals surface area contributed by atoms with Crippen molar-refractivity contribution in [1.82, 2.24) is 0 Å². The largest absolute Gasteiger partial charge is 0.300 e. The van der Waals surface area contributed by atoms with Crippen LogP contribution in [0.5, 0.6) is 0 Å². The predicted octanol–water partition coefficient (Wildman–Crippen LogP) is 2.25. The van der Waals surface area contributed by atoms with Crippen LogP contribution in [0.3, 0.4) is 0 Å². The zero-order valence-corrected chi connectivity index (χ0v) is 7.25. The standard InChI is InChI=1S/C8H14OS/c1-2-3-8-6-7(9)4-5-10-8/h8H,2-6H2,1H3/t8-/m0/s1. The first-order valence-corrected chi connectivity index (χ1v) is 5.01. The second-order valence-corrected chi connectivity index (χ2v) is 4.18. The number of Topliss-reactive ketones (excluding diaryl/α,β-unsaturated/α-hetero) is 1. The zero-order valence-electron chi connectivity index (χ0n) is 6.43. The van der Waals surface area contributed by atoms with E-state index in [2.05, 4.69) is 6.92 Å². The molecule has 10 heavy (non-hydrogen) atoms. The molecule has 0 saturated carbocycles. The van der Waals surface area contributed by atoms with Crippen molar-refractivity contribution in [2.45, 2.75) is 37.9 Å². The highest BCUT2D eigenvalue weighted by Gasteiger charge is 2.18. The molecule has 1 saturated heterocycles. The molecule has 0 spiro atoms. The van der Waals surface area contributed by atoms with Gasteiger partial charge in [0.1, 0.15) is 5.78 Å². The van der Waals surface area contributed by atoms with Crippen molar-refractivity contribution < 1.29 is 4.79 Å². The Morgan fingerprint density at radius 1 is 1.70 bits per heavy atom. The van der Waals surface area contributed by atoms with Crippen molar-refractivity contribution in [2.75, 3.05) is 5.75 Å². The number of carbonyl (C=O) groups is 1. The average molecular weight is 158 g/mol. The fourth-order valence-corrected chi connectivity index (χ4v) is 2.65. The van der Waals surface area contributed by atoms with Crippen LogP contribution in [0.2, 0.25) is 0 Å². The Bertz CT molecular complexity index is 120. The number of ketones is 1. The molecule has 1 fully saturated rings. The van der Waals surface area contributed by atoms with E-state index in [0.717, 1.165) is 18.6 Å². The van der Waals surface area contributed by atoms with Crippen molar-refractivity contribution in [3.8, 4) is 0 Å². The van der Waals surface area contributed by atoms with Gasteiger partial charge in [-0.25, -0.2) is 0 Å². The minimum absolute atomic E-state index is 0.470. The summed E-state index contributed by atoms with van der Waals surface area (Å²) in [5, 5.41) is 0.645. The maximum Gasteiger partial charge on any atom is 0.134 e. The molecule has 1 aliphatic heterocycles. The van der Waals surface area contributed by atoms with E-state index < -0.39 is 0 Å². The maximum absolute atomic E-state index is 10.9. The van der Waals surface area contributed by atoms with Crippen LogP contribution in [-0.4, -0.2) is 16.8 Å². The van der Waals surface area contributed by atoms with E-state index in [-0.39, 0.29) is 0 Å². The third-order valence-electron chi connectivity index (χ3n) is 1.80. The highest BCUT2D eigenvalue weighted by atomic mass is 32.2. The summed E-state index contributed by atoms with van der Waals surface area (Å²) in [6.07, 6.45) is 4.07. The van der Waals surface area contributed by atoms with Gasteiger partial charge < -0.3 is 0 Å². The topological polar surface area (TPSA) is 17.1 Å². The lowest BCUT2D eigenvalue weighted by Gasteiger charge is -2.19. The van der Waals surface area contributed by atoms with E-state index in [1.807, 2.05) is 11.8 Å². The Balaban J connectivity index is 2.25. The number of carbonyl (C=O) groups excluding carboxylic acids is 1. The number of rotatable bonds is 2. The minimum atomic E-state index is 0.470. The summed E-state index contributed by atoms with van der Waals surface area (Å²) in [5.74, 6) is 1.53. The second-order valence-electron chi connectivity index (χ2n) is 2.77. The molecule has 0 bridgehead atoms. The molecule has 0 unspecified atom stereocenters. The Morgan fingerprint density at radius 3 is 3.10 bits per heavy atom. The summed E-state index contributed by atoms with van der Waals surface area (Å²) in [5.41, 5.74) is 0. The van der Waals surface area contributed by atoms with Gasteiger partial charge >= 0.3 is 0 Å². The van der Waals surface area contributed by atoms with Gasteiger partial charge in [0.15, 0.2) is 0 Å². The van der Waals surface area contributed by atoms with E-state index >= 15 is 0 Å². The molecule has 0 N–H and O–H groups in total. The third-order valence-corrected chi connectivity index (χ3v) is 3.11. The summed E-state index contributed by atoms with van der Waals surface area (Å²) in [6.45, 7) is 2.18. The van der Waals surface area contributed by atoms with Crippen LogP contribution in [0, 0.1) is 0 Å². The third kappa shape index (κ3) is 2.33. The Hall–Kier alpha value is 0.0200. The van der Waals surface area contributed by atoms with Crippen molar-refractivity contribution in [1.29, 1.82) is 0 Å². The lowest BCUT2D eigenvalue weighted by atomic mass is 10.1. The molecule has 0 aromatic heterocycles. The monoisotopic (exact) mass is 158 g/mol. The first-order chi connectivity index (χ1) is 4.83. The molecule has 0 amide bonds. The molecule has 0 radical (unpaired) electrons. The van der Waals surface area contributed by atoms with Crippen LogP contribution in [-0.2, 0) is 4.79 Å². The average Bonchev–Trinajstić information content (AvgIpc) is 1.88. The van der Waals surface area contributed by atoms with Crippen molar-refractivity contribution >= 4 is 17.5 Å². The molecule has 58 valence electrons. The van der Waals surface area contributed by atoms with Crippen LogP contribution in [0.1, 0.15) is 32.6 Å². The van der Waals surface area contributed by atoms with Gasteiger partial charge in [0.25, 0.3) is 0 Å². The van der Waals surface area contributed by atoms with Gasteiger partial charge in [0, 0.05) is 23.8 Å². The highest BCUT2D eigenvalue weighted by molar-refractivity contribution is 8.00. The van der Waals surface area contributed by atoms with Crippen LogP contribution in [0.15, 0.2) is 0 Å². The fraction of sp³-hybridized carbons (Fsp3) is 0.875. The summed E-state index contributed by atoms with van der Waals surface area (Å²) >= 11 is 1.97. The van der Waals surface area contributed by atoms with Crippen LogP contribution >= 0.6 is 11.8 Å². The number of hydrogen-bond donors (Lipinski definition) is 0. The molecule has 0 aromatic carbocycles. The Morgan fingerprint density at radius 2 is 2.50 bits per heavy atom. The van der Waals surface area contributed by atoms with Crippen LogP contribution in [0.4, 0.5) is 0 Å². The van der Waals surface area contributed by atoms with Crippen molar-refractivity contribution in [2.24, 2.45) is 0 Å². The van der Waals surface area contributed by atoms with Crippen molar-refractivity contribution in [3.63, 3.8) is 0 Å². The van der Waals surface area contributed by atoms with Gasteiger partial charge in [-0.15, -0.1) is 0 Å². The zero-order chi connectivity index (χ0) is 7.40. The van der Waals surface area contributed by atoms with E-state index in [9.17, 15) is 4.79 Å². The summed E-state index contributed by atoms with van der Waals surface area (Å²) in [7, 11) is 0. The predicted molar refractivity (Wildman–Crippen MR) is 45.4 cm³/mol. The smallest absolute Gasteiger partial charge is 0.134 e. The van der Waals surface area contributed by atoms with Gasteiger partial charge in [-0.3, -0.25) is 4.79 Å². The van der Waals surface area contributed by atoms with Gasteiger partial charge in [-0.2, -0.15) is 11.8 Å². The second kappa shape index (κ2) is 4.02. The minimum Gasteiger partial charge on any atom is -0.300 e. The van der Waals surface area contributed by atoms with E-state index in [1.54, 1.807) is 0 Å². The first-order valence-electron chi connectivity index (χ1n) is 3.96. The molecular formula is C8H14OS. The normalized spacial score (nSPS) is 26.9. The number of thioether (sulfide) groups is 1. The van der Waals surface area contributed by atoms with Crippen LogP contribution < -0.4 is 0 Å². The molecular weight excluding hydrogens is 144 g/mol. The number of hydrogen-bond acceptors (Lipinski definition) is 2. The fourth-order valence-electron chi connectivity index (χ4n) is 1.26. The Labute approximate surface area is 66.6 Å². The Kier molecular flexibility index (Phi) is 3.26. The molecule has 1 aliphatic rings. The molecule has 1 atom stereocenters. The van der Waals surface area contributed by atoms with E-state index in [1.165, 1.54) is 12.8 Å². The molecule has 1 nitrogen and oxygen atoms in total. The SMILES string of the molecule is CCC[C@H]1CC(=O)CCS1. The summed E-state index contributed by atoms with van der Waals surface area (Å²) in [6, 6.07) is 0. The molecule has 2 heteroatoms. The summed E-state index contributed by atoms with van der Waals surface area (Å²) < 4.78 is 0. The lowest BCUT2D eigenvalue weighted by Crippen LogP contribution is -2.17. The molecule has 1 rings (SSSR count). The van der Waals surface area contributed by atoms with Crippen LogP contribution in [0.25, 0.3) is 0 Å². The van der Waals surface area contributed by atoms with E-state index in [4.69, 9.17) is 0 Å².